The Balaban J connectivity index is 1.76. The van der Waals surface area contributed by atoms with Gasteiger partial charge in [-0.15, -0.1) is 15.0 Å². The van der Waals surface area contributed by atoms with Crippen molar-refractivity contribution in [2.75, 3.05) is 6.61 Å². The molecule has 6 nitrogen and oxygen atoms in total. The number of phenols is 1. The van der Waals surface area contributed by atoms with Crippen molar-refractivity contribution in [1.29, 1.82) is 0 Å². The van der Waals surface area contributed by atoms with Gasteiger partial charge in [0.25, 0.3) is 0 Å². The molecule has 1 aromatic heterocycles. The largest absolute Gasteiger partial charge is 0.505 e. The number of carbonyl (C=O) groups excluding carboxylic acids is 1. The lowest BCUT2D eigenvalue weighted by Gasteiger charge is -2.10. The summed E-state index contributed by atoms with van der Waals surface area (Å²) in [5.74, 6) is -0.248. The number of fused-ring (bicyclic) bond motifs is 1. The highest BCUT2D eigenvalue weighted by Crippen LogP contribution is 2.30. The number of halogens is 1. The van der Waals surface area contributed by atoms with Crippen LogP contribution < -0.4 is 0 Å². The van der Waals surface area contributed by atoms with Crippen LogP contribution in [0.15, 0.2) is 66.7 Å². The zero-order chi connectivity index (χ0) is 21.1. The zero-order valence-electron chi connectivity index (χ0n) is 15.9. The van der Waals surface area contributed by atoms with E-state index in [9.17, 15) is 15.0 Å². The van der Waals surface area contributed by atoms with Crippen LogP contribution >= 0.6 is 11.6 Å². The number of rotatable bonds is 6. The molecule has 4 rings (SSSR count). The summed E-state index contributed by atoms with van der Waals surface area (Å²) in [4.78, 5) is 13.7. The average Bonchev–Trinajstić information content (AvgIpc) is 3.17. The Kier molecular flexibility index (Phi) is 5.61. The van der Waals surface area contributed by atoms with Crippen molar-refractivity contribution in [3.05, 3.63) is 88.5 Å². The number of carbonyl (C=O) groups is 1. The molecule has 30 heavy (non-hydrogen) atoms. The molecule has 0 aliphatic rings. The van der Waals surface area contributed by atoms with Crippen molar-refractivity contribution in [2.24, 2.45) is 0 Å². The second-order valence-corrected chi connectivity index (χ2v) is 7.15. The van der Waals surface area contributed by atoms with E-state index in [1.54, 1.807) is 60.7 Å². The molecular weight excluding hydrogens is 402 g/mol. The van der Waals surface area contributed by atoms with Gasteiger partial charge in [-0.05, 0) is 54.5 Å². The molecule has 3 aromatic carbocycles. The number of aromatic hydroxyl groups is 1. The van der Waals surface area contributed by atoms with Crippen LogP contribution in [0.25, 0.3) is 22.8 Å². The predicted molar refractivity (Wildman–Crippen MR) is 116 cm³/mol. The van der Waals surface area contributed by atoms with Crippen molar-refractivity contribution >= 4 is 34.5 Å². The molecular formula is C23H18ClN3O3. The molecule has 0 spiro atoms. The molecule has 7 heteroatoms. The van der Waals surface area contributed by atoms with Gasteiger partial charge in [-0.25, -0.2) is 0 Å². The van der Waals surface area contributed by atoms with Gasteiger partial charge in [0.2, 0.25) is 0 Å². The Labute approximate surface area is 177 Å². The maximum atomic E-state index is 12.4. The second kappa shape index (κ2) is 8.49. The van der Waals surface area contributed by atoms with Gasteiger partial charge in [0.15, 0.2) is 5.78 Å². The van der Waals surface area contributed by atoms with Gasteiger partial charge in [0, 0.05) is 22.8 Å². The van der Waals surface area contributed by atoms with E-state index >= 15 is 0 Å². The number of hydrogen-bond donors (Lipinski definition) is 2. The molecule has 0 unspecified atom stereocenters. The van der Waals surface area contributed by atoms with E-state index in [0.29, 0.717) is 39.3 Å². The third-order valence-electron chi connectivity index (χ3n) is 4.61. The van der Waals surface area contributed by atoms with Crippen LogP contribution in [0.3, 0.4) is 0 Å². The maximum Gasteiger partial charge on any atom is 0.185 e. The fraction of sp³-hybridized carbons (Fsp3) is 0.0870. The van der Waals surface area contributed by atoms with Gasteiger partial charge in [0.05, 0.1) is 0 Å². The minimum atomic E-state index is -0.179. The molecule has 0 aliphatic carbocycles. The van der Waals surface area contributed by atoms with Crippen molar-refractivity contribution in [1.82, 2.24) is 15.0 Å². The van der Waals surface area contributed by atoms with Gasteiger partial charge in [-0.2, -0.15) is 0 Å². The van der Waals surface area contributed by atoms with Crippen molar-refractivity contribution in [2.45, 2.75) is 6.42 Å². The molecule has 0 radical (unpaired) electrons. The molecule has 4 aromatic rings. The van der Waals surface area contributed by atoms with Gasteiger partial charge in [-0.1, -0.05) is 41.9 Å². The summed E-state index contributed by atoms with van der Waals surface area (Å²) in [6.45, 7) is -0.0551. The summed E-state index contributed by atoms with van der Waals surface area (Å²) in [5, 5.41) is 29.6. The lowest BCUT2D eigenvalue weighted by atomic mass is 10.0. The molecule has 1 heterocycles. The summed E-state index contributed by atoms with van der Waals surface area (Å²) in [6, 6.07) is 17.5. The Morgan fingerprint density at radius 3 is 2.57 bits per heavy atom. The summed E-state index contributed by atoms with van der Waals surface area (Å²) in [5.41, 5.74) is 3.32. The summed E-state index contributed by atoms with van der Waals surface area (Å²) in [6.07, 6.45) is 3.34. The average molecular weight is 420 g/mol. The first-order valence-electron chi connectivity index (χ1n) is 9.32. The monoisotopic (exact) mass is 419 g/mol. The minimum absolute atomic E-state index is 0.0551. The van der Waals surface area contributed by atoms with Crippen molar-refractivity contribution in [3.8, 4) is 11.4 Å². The number of nitrogens with zero attached hydrogens (tertiary/aromatic N) is 3. The Bertz CT molecular complexity index is 1250. The molecule has 0 saturated heterocycles. The Hall–Kier alpha value is -3.48. The lowest BCUT2D eigenvalue weighted by molar-refractivity contribution is 0.104. The normalized spacial score (nSPS) is 11.4. The zero-order valence-corrected chi connectivity index (χ0v) is 16.6. The number of benzene rings is 3. The quantitative estimate of drug-likeness (QED) is 0.361. The molecule has 0 aliphatic heterocycles. The van der Waals surface area contributed by atoms with E-state index in [-0.39, 0.29) is 18.1 Å². The van der Waals surface area contributed by atoms with E-state index in [4.69, 9.17) is 11.6 Å². The number of hydrogen-bond acceptors (Lipinski definition) is 5. The molecule has 150 valence electrons. The molecule has 0 saturated carbocycles. The summed E-state index contributed by atoms with van der Waals surface area (Å²) < 4.78 is 0. The van der Waals surface area contributed by atoms with Crippen LogP contribution in [0.4, 0.5) is 0 Å². The SMILES string of the molecule is O=C(C=Cc1cc(CCO)cc(-n2nc3ccc(Cl)cc3n2)c1O)c1ccccc1. The number of aliphatic hydroxyl groups is 1. The smallest absolute Gasteiger partial charge is 0.185 e. The highest BCUT2D eigenvalue weighted by atomic mass is 35.5. The highest BCUT2D eigenvalue weighted by molar-refractivity contribution is 6.31. The Morgan fingerprint density at radius 1 is 1.03 bits per heavy atom. The topological polar surface area (TPSA) is 88.2 Å². The third-order valence-corrected chi connectivity index (χ3v) is 4.85. The van der Waals surface area contributed by atoms with E-state index in [1.807, 2.05) is 6.07 Å². The van der Waals surface area contributed by atoms with Crippen LogP contribution in [0.5, 0.6) is 5.75 Å². The number of allylic oxidation sites excluding steroid dienone is 1. The predicted octanol–water partition coefficient (Wildman–Crippen LogP) is 4.21. The third kappa shape index (κ3) is 4.10. The molecule has 0 fully saturated rings. The Morgan fingerprint density at radius 2 is 1.80 bits per heavy atom. The van der Waals surface area contributed by atoms with Crippen LogP contribution in [0.2, 0.25) is 5.02 Å². The molecule has 0 atom stereocenters. The summed E-state index contributed by atoms with van der Waals surface area (Å²) in [7, 11) is 0. The first kappa shape index (κ1) is 19.8. The van der Waals surface area contributed by atoms with E-state index in [1.165, 1.54) is 10.9 Å². The van der Waals surface area contributed by atoms with Gasteiger partial charge in [0.1, 0.15) is 22.5 Å². The summed E-state index contributed by atoms with van der Waals surface area (Å²) >= 11 is 6.02. The molecule has 0 amide bonds. The number of phenolic OH excluding ortho intramolecular Hbond substituents is 1. The van der Waals surface area contributed by atoms with E-state index in [0.717, 1.165) is 5.56 Å². The number of aromatic nitrogens is 3. The standard InChI is InChI=1S/C23H18ClN3O3/c24-18-7-8-19-20(14-18)26-27(25-19)21-13-15(10-11-28)12-17(23(21)30)6-9-22(29)16-4-2-1-3-5-16/h1-9,12-14,28,30H,10-11H2. The van der Waals surface area contributed by atoms with Crippen molar-refractivity contribution < 1.29 is 15.0 Å². The fourth-order valence-corrected chi connectivity index (χ4v) is 3.28. The lowest BCUT2D eigenvalue weighted by Crippen LogP contribution is -2.03. The second-order valence-electron chi connectivity index (χ2n) is 6.71. The van der Waals surface area contributed by atoms with Gasteiger partial charge < -0.3 is 10.2 Å². The highest BCUT2D eigenvalue weighted by Gasteiger charge is 2.14. The van der Waals surface area contributed by atoms with E-state index < -0.39 is 0 Å². The van der Waals surface area contributed by atoms with Crippen molar-refractivity contribution in [3.63, 3.8) is 0 Å². The van der Waals surface area contributed by atoms with Crippen LogP contribution in [-0.2, 0) is 6.42 Å². The van der Waals surface area contributed by atoms with Gasteiger partial charge >= 0.3 is 0 Å². The molecule has 2 N–H and O–H groups in total. The van der Waals surface area contributed by atoms with Crippen LogP contribution in [0.1, 0.15) is 21.5 Å². The minimum Gasteiger partial charge on any atom is -0.505 e. The van der Waals surface area contributed by atoms with Crippen LogP contribution in [0, 0.1) is 0 Å². The first-order valence-corrected chi connectivity index (χ1v) is 9.70. The molecule has 0 bridgehead atoms. The van der Waals surface area contributed by atoms with E-state index in [2.05, 4.69) is 10.2 Å². The fourth-order valence-electron chi connectivity index (χ4n) is 3.11. The van der Waals surface area contributed by atoms with Gasteiger partial charge in [-0.3, -0.25) is 4.79 Å². The number of ketones is 1. The van der Waals surface area contributed by atoms with Crippen LogP contribution in [-0.4, -0.2) is 37.6 Å². The maximum absolute atomic E-state index is 12.4. The first-order chi connectivity index (χ1) is 14.5. The number of aliphatic hydroxyl groups excluding tert-OH is 1.